The number of benzene rings is 2. The average molecular weight is 472 g/mol. The van der Waals surface area contributed by atoms with Crippen LogP contribution in [0.1, 0.15) is 11.3 Å². The van der Waals surface area contributed by atoms with Crippen molar-refractivity contribution in [2.75, 3.05) is 32.7 Å². The lowest BCUT2D eigenvalue weighted by molar-refractivity contribution is -0.134. The highest BCUT2D eigenvalue weighted by atomic mass is 32.2. The monoisotopic (exact) mass is 471 g/mol. The van der Waals surface area contributed by atoms with E-state index in [2.05, 4.69) is 0 Å². The summed E-state index contributed by atoms with van der Waals surface area (Å²) in [5, 5.41) is 0. The molecule has 0 N–H and O–H groups in total. The summed E-state index contributed by atoms with van der Waals surface area (Å²) in [5.74, 6) is 0.102. The van der Waals surface area contributed by atoms with E-state index < -0.39 is 15.8 Å². The SMILES string of the molecule is O=C(CN(Cc1ccccc1)Cc1ccco1)N1CCN(S(=O)(=O)c2cccc(F)c2)CC1. The standard InChI is InChI=1S/C24H26FN3O4S/c25-21-8-4-10-23(16-21)33(30,31)28-13-11-27(12-14-28)24(29)19-26(18-22-9-5-15-32-22)17-20-6-2-1-3-7-20/h1-10,15-16H,11-14,17-19H2. The smallest absolute Gasteiger partial charge is 0.243 e. The van der Waals surface area contributed by atoms with Gasteiger partial charge in [0.1, 0.15) is 11.6 Å². The van der Waals surface area contributed by atoms with Gasteiger partial charge in [-0.05, 0) is 35.9 Å². The van der Waals surface area contributed by atoms with Gasteiger partial charge in [-0.3, -0.25) is 9.69 Å². The number of nitrogens with zero attached hydrogens (tertiary/aromatic N) is 3. The fourth-order valence-electron chi connectivity index (χ4n) is 3.88. The molecule has 0 radical (unpaired) electrons. The van der Waals surface area contributed by atoms with Crippen LogP contribution in [-0.4, -0.2) is 61.2 Å². The Morgan fingerprint density at radius 3 is 2.36 bits per heavy atom. The van der Waals surface area contributed by atoms with Crippen molar-refractivity contribution in [2.24, 2.45) is 0 Å². The van der Waals surface area contributed by atoms with Gasteiger partial charge in [0.25, 0.3) is 0 Å². The van der Waals surface area contributed by atoms with Gasteiger partial charge in [-0.1, -0.05) is 36.4 Å². The Kier molecular flexibility index (Phi) is 7.22. The van der Waals surface area contributed by atoms with Gasteiger partial charge in [-0.25, -0.2) is 12.8 Å². The molecule has 0 aliphatic carbocycles. The largest absolute Gasteiger partial charge is 0.468 e. The lowest BCUT2D eigenvalue weighted by Crippen LogP contribution is -2.52. The second kappa shape index (κ2) is 10.3. The van der Waals surface area contributed by atoms with E-state index in [-0.39, 0.29) is 43.5 Å². The molecule has 9 heteroatoms. The lowest BCUT2D eigenvalue weighted by atomic mass is 10.2. The van der Waals surface area contributed by atoms with Crippen LogP contribution in [0.25, 0.3) is 0 Å². The van der Waals surface area contributed by atoms with Crippen molar-refractivity contribution in [3.63, 3.8) is 0 Å². The zero-order valence-electron chi connectivity index (χ0n) is 18.1. The zero-order valence-corrected chi connectivity index (χ0v) is 19.0. The molecular weight excluding hydrogens is 445 g/mol. The van der Waals surface area contributed by atoms with E-state index in [4.69, 9.17) is 4.42 Å². The van der Waals surface area contributed by atoms with E-state index in [0.717, 1.165) is 17.4 Å². The molecule has 0 spiro atoms. The summed E-state index contributed by atoms with van der Waals surface area (Å²) in [7, 11) is -3.80. The third kappa shape index (κ3) is 5.87. The molecule has 174 valence electrons. The number of sulfonamides is 1. The summed E-state index contributed by atoms with van der Waals surface area (Å²) in [6.07, 6.45) is 1.61. The van der Waals surface area contributed by atoms with E-state index >= 15 is 0 Å². The van der Waals surface area contributed by atoms with Gasteiger partial charge in [0.05, 0.1) is 24.2 Å². The topological polar surface area (TPSA) is 74.1 Å². The van der Waals surface area contributed by atoms with Crippen LogP contribution in [0.4, 0.5) is 4.39 Å². The Hall–Kier alpha value is -3.01. The van der Waals surface area contributed by atoms with Gasteiger partial charge in [-0.15, -0.1) is 0 Å². The van der Waals surface area contributed by atoms with Crippen molar-refractivity contribution < 1.29 is 22.0 Å². The minimum atomic E-state index is -3.80. The maximum Gasteiger partial charge on any atom is 0.243 e. The fraction of sp³-hybridized carbons (Fsp3) is 0.292. The number of hydrogen-bond acceptors (Lipinski definition) is 5. The van der Waals surface area contributed by atoms with Crippen LogP contribution in [0.2, 0.25) is 0 Å². The Morgan fingerprint density at radius 2 is 1.70 bits per heavy atom. The fourth-order valence-corrected chi connectivity index (χ4v) is 5.33. The number of furan rings is 1. The molecule has 7 nitrogen and oxygen atoms in total. The highest BCUT2D eigenvalue weighted by Crippen LogP contribution is 2.19. The van der Waals surface area contributed by atoms with Crippen LogP contribution >= 0.6 is 0 Å². The van der Waals surface area contributed by atoms with Crippen molar-refractivity contribution in [3.05, 3.63) is 90.1 Å². The molecular formula is C24H26FN3O4S. The summed E-state index contributed by atoms with van der Waals surface area (Å²) < 4.78 is 45.9. The number of piperazine rings is 1. The molecule has 33 heavy (non-hydrogen) atoms. The van der Waals surface area contributed by atoms with Crippen LogP contribution in [0.3, 0.4) is 0 Å². The van der Waals surface area contributed by atoms with Crippen LogP contribution in [0.15, 0.2) is 82.3 Å². The Labute approximate surface area is 193 Å². The number of amides is 1. The van der Waals surface area contributed by atoms with Crippen molar-refractivity contribution in [3.8, 4) is 0 Å². The van der Waals surface area contributed by atoms with Crippen LogP contribution in [-0.2, 0) is 27.9 Å². The molecule has 2 aromatic carbocycles. The van der Waals surface area contributed by atoms with E-state index in [0.29, 0.717) is 13.1 Å². The molecule has 1 fully saturated rings. The summed E-state index contributed by atoms with van der Waals surface area (Å²) in [6.45, 7) is 2.17. The maximum atomic E-state index is 13.5. The maximum absolute atomic E-state index is 13.5. The summed E-state index contributed by atoms with van der Waals surface area (Å²) in [4.78, 5) is 16.6. The second-order valence-electron chi connectivity index (χ2n) is 7.95. The molecule has 1 amide bonds. The van der Waals surface area contributed by atoms with Gasteiger partial charge in [0, 0.05) is 32.7 Å². The zero-order chi connectivity index (χ0) is 23.3. The molecule has 0 atom stereocenters. The molecule has 1 aliphatic heterocycles. The van der Waals surface area contributed by atoms with Crippen molar-refractivity contribution in [2.45, 2.75) is 18.0 Å². The minimum Gasteiger partial charge on any atom is -0.468 e. The summed E-state index contributed by atoms with van der Waals surface area (Å²) >= 11 is 0. The summed E-state index contributed by atoms with van der Waals surface area (Å²) in [5.41, 5.74) is 1.09. The first-order chi connectivity index (χ1) is 15.9. The molecule has 0 bridgehead atoms. The van der Waals surface area contributed by atoms with Gasteiger partial charge in [0.15, 0.2) is 0 Å². The van der Waals surface area contributed by atoms with Crippen molar-refractivity contribution in [1.82, 2.24) is 14.1 Å². The van der Waals surface area contributed by atoms with E-state index in [1.807, 2.05) is 47.4 Å². The van der Waals surface area contributed by atoms with E-state index in [1.165, 1.54) is 22.5 Å². The normalized spacial score (nSPS) is 15.2. The van der Waals surface area contributed by atoms with Gasteiger partial charge in [-0.2, -0.15) is 4.31 Å². The molecule has 0 unspecified atom stereocenters. The number of carbonyl (C=O) groups excluding carboxylic acids is 1. The minimum absolute atomic E-state index is 0.0692. The average Bonchev–Trinajstić information content (AvgIpc) is 3.33. The third-order valence-electron chi connectivity index (χ3n) is 5.59. The highest BCUT2D eigenvalue weighted by Gasteiger charge is 2.30. The molecule has 1 saturated heterocycles. The first kappa shape index (κ1) is 23.2. The van der Waals surface area contributed by atoms with Crippen LogP contribution in [0, 0.1) is 5.82 Å². The molecule has 2 heterocycles. The lowest BCUT2D eigenvalue weighted by Gasteiger charge is -2.35. The Balaban J connectivity index is 1.38. The molecule has 4 rings (SSSR count). The van der Waals surface area contributed by atoms with Gasteiger partial charge in [0.2, 0.25) is 15.9 Å². The molecule has 0 saturated carbocycles. The quantitative estimate of drug-likeness (QED) is 0.505. The van der Waals surface area contributed by atoms with Crippen molar-refractivity contribution >= 4 is 15.9 Å². The van der Waals surface area contributed by atoms with Crippen LogP contribution < -0.4 is 0 Å². The second-order valence-corrected chi connectivity index (χ2v) is 9.89. The first-order valence-corrected chi connectivity index (χ1v) is 12.2. The summed E-state index contributed by atoms with van der Waals surface area (Å²) in [6, 6.07) is 18.6. The molecule has 1 aliphatic rings. The van der Waals surface area contributed by atoms with Crippen molar-refractivity contribution in [1.29, 1.82) is 0 Å². The number of carbonyl (C=O) groups is 1. The molecule has 3 aromatic rings. The number of hydrogen-bond donors (Lipinski definition) is 0. The first-order valence-electron chi connectivity index (χ1n) is 10.7. The van der Waals surface area contributed by atoms with Gasteiger partial charge >= 0.3 is 0 Å². The Bertz CT molecular complexity index is 1160. The number of halogens is 1. The third-order valence-corrected chi connectivity index (χ3v) is 7.49. The predicted octanol–water partition coefficient (Wildman–Crippen LogP) is 2.95. The Morgan fingerprint density at radius 1 is 0.939 bits per heavy atom. The van der Waals surface area contributed by atoms with Crippen LogP contribution in [0.5, 0.6) is 0 Å². The molecule has 1 aromatic heterocycles. The van der Waals surface area contributed by atoms with Gasteiger partial charge < -0.3 is 9.32 Å². The van der Waals surface area contributed by atoms with E-state index in [9.17, 15) is 17.6 Å². The predicted molar refractivity (Wildman–Crippen MR) is 121 cm³/mol. The van der Waals surface area contributed by atoms with E-state index in [1.54, 1.807) is 11.2 Å². The highest BCUT2D eigenvalue weighted by molar-refractivity contribution is 7.89. The number of rotatable bonds is 8.